The highest BCUT2D eigenvalue weighted by Gasteiger charge is 2.16. The van der Waals surface area contributed by atoms with Crippen LogP contribution in [-0.4, -0.2) is 9.71 Å². The smallest absolute Gasteiger partial charge is 0.178 e. The molecule has 3 nitrogen and oxygen atoms in total. The van der Waals surface area contributed by atoms with E-state index < -0.39 is 0 Å². The molecule has 1 aromatic heterocycles. The number of aromatic nitrogens is 2. The molecular formula is C20H13Cl3N2O. The van der Waals surface area contributed by atoms with Crippen molar-refractivity contribution in [3.05, 3.63) is 87.4 Å². The molecule has 3 aromatic carbocycles. The van der Waals surface area contributed by atoms with Gasteiger partial charge in [0, 0.05) is 21.2 Å². The molecule has 0 bridgehead atoms. The molecule has 0 radical (unpaired) electrons. The van der Waals surface area contributed by atoms with Gasteiger partial charge in [0.05, 0.1) is 10.5 Å². The molecule has 0 saturated carbocycles. The van der Waals surface area contributed by atoms with Crippen LogP contribution in [-0.2, 0) is 6.61 Å². The first-order chi connectivity index (χ1) is 12.6. The van der Waals surface area contributed by atoms with Gasteiger partial charge in [-0.1, -0.05) is 65.1 Å². The van der Waals surface area contributed by atoms with Gasteiger partial charge < -0.3 is 4.84 Å². The van der Waals surface area contributed by atoms with Gasteiger partial charge in [-0.15, -0.1) is 0 Å². The number of hydrogen-bond donors (Lipinski definition) is 0. The number of hydrogen-bond acceptors (Lipinski definition) is 2. The number of para-hydroxylation sites is 2. The van der Waals surface area contributed by atoms with Crippen molar-refractivity contribution in [3.8, 4) is 11.4 Å². The Balaban J connectivity index is 1.78. The van der Waals surface area contributed by atoms with Crippen LogP contribution in [0.2, 0.25) is 15.1 Å². The van der Waals surface area contributed by atoms with E-state index in [4.69, 9.17) is 44.6 Å². The molecule has 4 aromatic rings. The lowest BCUT2D eigenvalue weighted by Gasteiger charge is -2.13. The third-order valence-electron chi connectivity index (χ3n) is 4.00. The summed E-state index contributed by atoms with van der Waals surface area (Å²) in [5.74, 6) is 0.641. The maximum Gasteiger partial charge on any atom is 0.178 e. The fourth-order valence-electron chi connectivity index (χ4n) is 2.72. The van der Waals surface area contributed by atoms with Gasteiger partial charge in [-0.25, -0.2) is 4.98 Å². The van der Waals surface area contributed by atoms with Crippen LogP contribution in [0.4, 0.5) is 0 Å². The van der Waals surface area contributed by atoms with Crippen LogP contribution in [0, 0.1) is 0 Å². The Morgan fingerprint density at radius 1 is 0.846 bits per heavy atom. The van der Waals surface area contributed by atoms with Crippen molar-refractivity contribution in [2.24, 2.45) is 0 Å². The van der Waals surface area contributed by atoms with Crippen LogP contribution in [0.5, 0.6) is 0 Å². The SMILES string of the molecule is Clc1ccc(COn2c(-c3ccccc3Cl)nc3ccccc32)c(Cl)c1. The Morgan fingerprint density at radius 2 is 1.62 bits per heavy atom. The molecule has 0 spiro atoms. The maximum atomic E-state index is 6.37. The highest BCUT2D eigenvalue weighted by Crippen LogP contribution is 2.30. The van der Waals surface area contributed by atoms with Crippen molar-refractivity contribution in [2.45, 2.75) is 6.61 Å². The molecule has 0 aliphatic rings. The number of imidazole rings is 1. The second-order valence-corrected chi connectivity index (χ2v) is 6.96. The predicted molar refractivity (Wildman–Crippen MR) is 107 cm³/mol. The number of rotatable bonds is 4. The molecular weight excluding hydrogens is 391 g/mol. The highest BCUT2D eigenvalue weighted by atomic mass is 35.5. The van der Waals surface area contributed by atoms with Crippen LogP contribution in [0.15, 0.2) is 66.7 Å². The second kappa shape index (κ2) is 7.20. The maximum absolute atomic E-state index is 6.37. The Hall–Kier alpha value is -2.20. The lowest BCUT2D eigenvalue weighted by Crippen LogP contribution is -2.13. The summed E-state index contributed by atoms with van der Waals surface area (Å²) in [6, 6.07) is 20.6. The van der Waals surface area contributed by atoms with Crippen LogP contribution in [0.25, 0.3) is 22.4 Å². The van der Waals surface area contributed by atoms with Crippen molar-refractivity contribution >= 4 is 45.8 Å². The molecule has 0 amide bonds. The Morgan fingerprint density at radius 3 is 2.42 bits per heavy atom. The molecule has 1 heterocycles. The highest BCUT2D eigenvalue weighted by molar-refractivity contribution is 6.35. The molecule has 0 fully saturated rings. The van der Waals surface area contributed by atoms with Gasteiger partial charge in [-0.3, -0.25) is 0 Å². The van der Waals surface area contributed by atoms with Gasteiger partial charge in [-0.2, -0.15) is 4.73 Å². The minimum Gasteiger partial charge on any atom is -0.407 e. The summed E-state index contributed by atoms with van der Waals surface area (Å²) < 4.78 is 1.70. The summed E-state index contributed by atoms with van der Waals surface area (Å²) >= 11 is 18.6. The summed E-state index contributed by atoms with van der Waals surface area (Å²) in [7, 11) is 0. The molecule has 0 atom stereocenters. The molecule has 26 heavy (non-hydrogen) atoms. The van der Waals surface area contributed by atoms with E-state index in [-0.39, 0.29) is 6.61 Å². The molecule has 0 saturated heterocycles. The minimum atomic E-state index is 0.272. The van der Waals surface area contributed by atoms with Crippen molar-refractivity contribution in [3.63, 3.8) is 0 Å². The van der Waals surface area contributed by atoms with E-state index in [2.05, 4.69) is 0 Å². The third-order valence-corrected chi connectivity index (χ3v) is 4.91. The second-order valence-electron chi connectivity index (χ2n) is 5.71. The molecule has 4 rings (SSSR count). The average Bonchev–Trinajstić information content (AvgIpc) is 3.00. The van der Waals surface area contributed by atoms with Gasteiger partial charge in [0.15, 0.2) is 5.82 Å². The summed E-state index contributed by atoms with van der Waals surface area (Å²) in [4.78, 5) is 10.8. The molecule has 0 unspecified atom stereocenters. The normalized spacial score (nSPS) is 11.0. The summed E-state index contributed by atoms with van der Waals surface area (Å²) in [6.45, 7) is 0.272. The van der Waals surface area contributed by atoms with Crippen molar-refractivity contribution in [1.82, 2.24) is 9.71 Å². The van der Waals surface area contributed by atoms with Crippen molar-refractivity contribution < 1.29 is 4.84 Å². The van der Waals surface area contributed by atoms with Crippen LogP contribution < -0.4 is 4.84 Å². The van der Waals surface area contributed by atoms with Gasteiger partial charge in [0.1, 0.15) is 12.1 Å². The zero-order valence-corrected chi connectivity index (χ0v) is 15.8. The van der Waals surface area contributed by atoms with Crippen LogP contribution >= 0.6 is 34.8 Å². The summed E-state index contributed by atoms with van der Waals surface area (Å²) in [6.07, 6.45) is 0. The Labute approximate surface area is 165 Å². The summed E-state index contributed by atoms with van der Waals surface area (Å²) in [5, 5.41) is 1.75. The first-order valence-electron chi connectivity index (χ1n) is 7.93. The molecule has 0 aliphatic carbocycles. The van der Waals surface area contributed by atoms with E-state index in [1.807, 2.05) is 54.6 Å². The zero-order valence-electron chi connectivity index (χ0n) is 13.5. The molecule has 0 N–H and O–H groups in total. The Bertz CT molecular complexity index is 1090. The van der Waals surface area contributed by atoms with Crippen molar-refractivity contribution in [2.75, 3.05) is 0 Å². The minimum absolute atomic E-state index is 0.272. The molecule has 130 valence electrons. The Kier molecular flexibility index (Phi) is 4.77. The molecule has 0 aliphatic heterocycles. The summed E-state index contributed by atoms with van der Waals surface area (Å²) in [5.41, 5.74) is 3.31. The zero-order chi connectivity index (χ0) is 18.1. The van der Waals surface area contributed by atoms with E-state index in [0.29, 0.717) is 20.9 Å². The van der Waals surface area contributed by atoms with E-state index in [9.17, 15) is 0 Å². The lowest BCUT2D eigenvalue weighted by atomic mass is 10.2. The van der Waals surface area contributed by atoms with Crippen LogP contribution in [0.3, 0.4) is 0 Å². The topological polar surface area (TPSA) is 27.1 Å². The average molecular weight is 404 g/mol. The number of nitrogens with zero attached hydrogens (tertiary/aromatic N) is 2. The van der Waals surface area contributed by atoms with Gasteiger partial charge in [0.2, 0.25) is 0 Å². The predicted octanol–water partition coefficient (Wildman–Crippen LogP) is 6.29. The fourth-order valence-corrected chi connectivity index (χ4v) is 3.40. The van der Waals surface area contributed by atoms with E-state index in [0.717, 1.165) is 22.2 Å². The monoisotopic (exact) mass is 402 g/mol. The van der Waals surface area contributed by atoms with Crippen molar-refractivity contribution in [1.29, 1.82) is 0 Å². The van der Waals surface area contributed by atoms with E-state index in [1.54, 1.807) is 16.9 Å². The van der Waals surface area contributed by atoms with Gasteiger partial charge >= 0.3 is 0 Å². The quantitative estimate of drug-likeness (QED) is 0.400. The van der Waals surface area contributed by atoms with Crippen LogP contribution in [0.1, 0.15) is 5.56 Å². The van der Waals surface area contributed by atoms with Gasteiger partial charge in [0.25, 0.3) is 0 Å². The first-order valence-corrected chi connectivity index (χ1v) is 9.06. The van der Waals surface area contributed by atoms with E-state index >= 15 is 0 Å². The lowest BCUT2D eigenvalue weighted by molar-refractivity contribution is 0.110. The third kappa shape index (κ3) is 3.26. The standard InChI is InChI=1S/C20H13Cl3N2O/c21-14-10-9-13(17(23)11-14)12-26-25-19-8-4-3-7-18(19)24-20(25)15-5-1-2-6-16(15)22/h1-11H,12H2. The first kappa shape index (κ1) is 17.2. The number of benzene rings is 3. The molecule has 6 heteroatoms. The fraction of sp³-hybridized carbons (Fsp3) is 0.0500. The number of fused-ring (bicyclic) bond motifs is 1. The number of halogens is 3. The largest absolute Gasteiger partial charge is 0.407 e. The van der Waals surface area contributed by atoms with Gasteiger partial charge in [-0.05, 0) is 36.4 Å². The van der Waals surface area contributed by atoms with E-state index in [1.165, 1.54) is 0 Å².